The van der Waals surface area contributed by atoms with Gasteiger partial charge in [-0.1, -0.05) is 23.4 Å². The highest BCUT2D eigenvalue weighted by molar-refractivity contribution is 5.97. The minimum Gasteiger partial charge on any atom is -0.409 e. The molecule has 0 saturated carbocycles. The molecule has 2 rings (SSSR count). The Morgan fingerprint density at radius 2 is 2.20 bits per heavy atom. The molecule has 110 valence electrons. The molecule has 0 spiro atoms. The van der Waals surface area contributed by atoms with Gasteiger partial charge in [0.25, 0.3) is 0 Å². The van der Waals surface area contributed by atoms with Crippen molar-refractivity contribution in [3.63, 3.8) is 0 Å². The highest BCUT2D eigenvalue weighted by Crippen LogP contribution is 2.09. The number of benzene rings is 1. The topological polar surface area (TPSA) is 73.9 Å². The Kier molecular flexibility index (Phi) is 5.38. The van der Waals surface area contributed by atoms with Crippen molar-refractivity contribution in [2.45, 2.75) is 32.4 Å². The summed E-state index contributed by atoms with van der Waals surface area (Å²) in [5.41, 5.74) is 7.49. The van der Waals surface area contributed by atoms with Crippen LogP contribution in [0, 0.1) is 0 Å². The lowest BCUT2D eigenvalue weighted by Gasteiger charge is -2.21. The van der Waals surface area contributed by atoms with Crippen molar-refractivity contribution in [1.29, 1.82) is 0 Å². The summed E-state index contributed by atoms with van der Waals surface area (Å²) >= 11 is 0. The summed E-state index contributed by atoms with van der Waals surface area (Å²) in [6.07, 6.45) is 2.66. The number of rotatable bonds is 6. The van der Waals surface area contributed by atoms with Gasteiger partial charge in [0.2, 0.25) is 0 Å². The summed E-state index contributed by atoms with van der Waals surface area (Å²) in [6, 6.07) is 8.22. The van der Waals surface area contributed by atoms with E-state index >= 15 is 0 Å². The maximum Gasteiger partial charge on any atom is 0.170 e. The van der Waals surface area contributed by atoms with Gasteiger partial charge in [-0.3, -0.25) is 0 Å². The van der Waals surface area contributed by atoms with Crippen LogP contribution in [0.15, 0.2) is 29.4 Å². The second-order valence-corrected chi connectivity index (χ2v) is 5.48. The molecular weight excluding hydrogens is 252 g/mol. The minimum atomic E-state index is 0.150. The summed E-state index contributed by atoms with van der Waals surface area (Å²) in [7, 11) is 0. The number of oxime groups is 1. The molecule has 0 aliphatic carbocycles. The van der Waals surface area contributed by atoms with E-state index in [9.17, 15) is 0 Å². The second-order valence-electron chi connectivity index (χ2n) is 5.48. The Morgan fingerprint density at radius 1 is 1.45 bits per heavy atom. The van der Waals surface area contributed by atoms with Gasteiger partial charge in [0.15, 0.2) is 5.84 Å². The highest BCUT2D eigenvalue weighted by atomic mass is 16.4. The maximum atomic E-state index is 8.70. The molecule has 0 aromatic heterocycles. The van der Waals surface area contributed by atoms with Crippen molar-refractivity contribution < 1.29 is 5.21 Å². The molecular formula is C15H24N4O. The molecule has 1 heterocycles. The van der Waals surface area contributed by atoms with Crippen LogP contribution in [-0.2, 0) is 6.54 Å². The molecule has 1 fully saturated rings. The largest absolute Gasteiger partial charge is 0.409 e. The summed E-state index contributed by atoms with van der Waals surface area (Å²) in [5.74, 6) is 0.150. The molecule has 1 aromatic rings. The Labute approximate surface area is 120 Å². The lowest BCUT2D eigenvalue weighted by Crippen LogP contribution is -2.37. The van der Waals surface area contributed by atoms with Gasteiger partial charge in [-0.25, -0.2) is 0 Å². The lowest BCUT2D eigenvalue weighted by molar-refractivity contribution is 0.298. The molecule has 5 heteroatoms. The van der Waals surface area contributed by atoms with Gasteiger partial charge < -0.3 is 21.2 Å². The Hall–Kier alpha value is -1.59. The highest BCUT2D eigenvalue weighted by Gasteiger charge is 2.14. The summed E-state index contributed by atoms with van der Waals surface area (Å²) in [5, 5.41) is 15.3. The molecule has 1 aliphatic heterocycles. The fourth-order valence-electron chi connectivity index (χ4n) is 2.61. The summed E-state index contributed by atoms with van der Waals surface area (Å²) in [4.78, 5) is 2.50. The van der Waals surface area contributed by atoms with Gasteiger partial charge in [-0.15, -0.1) is 0 Å². The maximum absolute atomic E-state index is 8.70. The zero-order valence-corrected chi connectivity index (χ0v) is 12.0. The van der Waals surface area contributed by atoms with Crippen molar-refractivity contribution in [3.05, 3.63) is 35.4 Å². The average molecular weight is 276 g/mol. The number of likely N-dealkylation sites (tertiary alicyclic amines) is 1. The normalized spacial score (nSPS) is 18.4. The summed E-state index contributed by atoms with van der Waals surface area (Å²) < 4.78 is 0. The van der Waals surface area contributed by atoms with Crippen LogP contribution in [0.3, 0.4) is 0 Å². The zero-order valence-electron chi connectivity index (χ0n) is 12.0. The van der Waals surface area contributed by atoms with Gasteiger partial charge in [0.1, 0.15) is 0 Å². The molecule has 1 aromatic carbocycles. The molecule has 5 nitrogen and oxygen atoms in total. The molecule has 1 unspecified atom stereocenters. The van der Waals surface area contributed by atoms with Crippen LogP contribution in [0.4, 0.5) is 0 Å². The third kappa shape index (κ3) is 4.21. The third-order valence-electron chi connectivity index (χ3n) is 3.72. The van der Waals surface area contributed by atoms with Crippen LogP contribution in [0.5, 0.6) is 0 Å². The van der Waals surface area contributed by atoms with E-state index < -0.39 is 0 Å². The molecule has 1 aliphatic rings. The number of hydrogen-bond donors (Lipinski definition) is 3. The van der Waals surface area contributed by atoms with Gasteiger partial charge in [-0.2, -0.15) is 0 Å². The van der Waals surface area contributed by atoms with Crippen LogP contribution >= 0.6 is 0 Å². The molecule has 1 atom stereocenters. The van der Waals surface area contributed by atoms with Crippen molar-refractivity contribution in [2.75, 3.05) is 19.6 Å². The number of nitrogens with two attached hydrogens (primary N) is 1. The van der Waals surface area contributed by atoms with E-state index in [0.717, 1.165) is 24.2 Å². The molecule has 1 saturated heterocycles. The SMILES string of the molecule is CC(CN1CCCC1)NCc1cccc(C(N)=NO)c1. The fourth-order valence-corrected chi connectivity index (χ4v) is 2.61. The fraction of sp³-hybridized carbons (Fsp3) is 0.533. The first kappa shape index (κ1) is 14.8. The van der Waals surface area contributed by atoms with E-state index in [0.29, 0.717) is 6.04 Å². The number of nitrogens with one attached hydrogen (secondary N) is 1. The predicted molar refractivity (Wildman–Crippen MR) is 80.9 cm³/mol. The minimum absolute atomic E-state index is 0.150. The third-order valence-corrected chi connectivity index (χ3v) is 3.72. The van der Waals surface area contributed by atoms with Crippen molar-refractivity contribution in [2.24, 2.45) is 10.9 Å². The van der Waals surface area contributed by atoms with E-state index in [1.807, 2.05) is 24.3 Å². The quantitative estimate of drug-likeness (QED) is 0.317. The van der Waals surface area contributed by atoms with E-state index in [-0.39, 0.29) is 5.84 Å². The van der Waals surface area contributed by atoms with Gasteiger partial charge in [0, 0.05) is 24.7 Å². The van der Waals surface area contributed by atoms with Crippen LogP contribution < -0.4 is 11.1 Å². The van der Waals surface area contributed by atoms with E-state index in [1.165, 1.54) is 25.9 Å². The van der Waals surface area contributed by atoms with E-state index in [4.69, 9.17) is 10.9 Å². The first-order valence-corrected chi connectivity index (χ1v) is 7.21. The zero-order chi connectivity index (χ0) is 14.4. The summed E-state index contributed by atoms with van der Waals surface area (Å²) in [6.45, 7) is 6.56. The second kappa shape index (κ2) is 7.26. The Morgan fingerprint density at radius 3 is 2.90 bits per heavy atom. The monoisotopic (exact) mass is 276 g/mol. The smallest absolute Gasteiger partial charge is 0.170 e. The lowest BCUT2D eigenvalue weighted by atomic mass is 10.1. The molecule has 0 bridgehead atoms. The first-order chi connectivity index (χ1) is 9.69. The standard InChI is InChI=1S/C15H24N4O/c1-12(11-19-7-2-3-8-19)17-10-13-5-4-6-14(9-13)15(16)18-20/h4-6,9,12,17,20H,2-3,7-8,10-11H2,1H3,(H2,16,18). The predicted octanol–water partition coefficient (Wildman–Crippen LogP) is 1.35. The Balaban J connectivity index is 1.83. The van der Waals surface area contributed by atoms with E-state index in [2.05, 4.69) is 22.3 Å². The van der Waals surface area contributed by atoms with Gasteiger partial charge in [-0.05, 0) is 44.5 Å². The molecule has 0 amide bonds. The van der Waals surface area contributed by atoms with Crippen LogP contribution in [0.25, 0.3) is 0 Å². The molecule has 20 heavy (non-hydrogen) atoms. The van der Waals surface area contributed by atoms with Crippen molar-refractivity contribution in [3.8, 4) is 0 Å². The Bertz CT molecular complexity index is 455. The van der Waals surface area contributed by atoms with Gasteiger partial charge in [0.05, 0.1) is 0 Å². The number of amidine groups is 1. The van der Waals surface area contributed by atoms with Crippen molar-refractivity contribution in [1.82, 2.24) is 10.2 Å². The van der Waals surface area contributed by atoms with Crippen LogP contribution in [-0.4, -0.2) is 41.6 Å². The molecule has 4 N–H and O–H groups in total. The van der Waals surface area contributed by atoms with Crippen molar-refractivity contribution >= 4 is 5.84 Å². The van der Waals surface area contributed by atoms with Crippen LogP contribution in [0.2, 0.25) is 0 Å². The average Bonchev–Trinajstić information content (AvgIpc) is 2.97. The molecule has 0 radical (unpaired) electrons. The number of nitrogens with zero attached hydrogens (tertiary/aromatic N) is 2. The first-order valence-electron chi connectivity index (χ1n) is 7.21. The van der Waals surface area contributed by atoms with Crippen LogP contribution in [0.1, 0.15) is 30.9 Å². The van der Waals surface area contributed by atoms with E-state index in [1.54, 1.807) is 0 Å². The number of hydrogen-bond acceptors (Lipinski definition) is 4. The van der Waals surface area contributed by atoms with Gasteiger partial charge >= 0.3 is 0 Å².